The van der Waals surface area contributed by atoms with Gasteiger partial charge in [0, 0.05) is 10.7 Å². The Kier molecular flexibility index (Phi) is 3.84. The molecule has 2 aromatic rings. The average molecular weight is 328 g/mol. The summed E-state index contributed by atoms with van der Waals surface area (Å²) in [5.74, 6) is -0.559. The lowest BCUT2D eigenvalue weighted by molar-refractivity contribution is 0.102. The highest BCUT2D eigenvalue weighted by molar-refractivity contribution is 9.10. The maximum atomic E-state index is 11.9. The van der Waals surface area contributed by atoms with Gasteiger partial charge < -0.3 is 10.4 Å². The lowest BCUT2D eigenvalue weighted by atomic mass is 10.2. The van der Waals surface area contributed by atoms with Crippen molar-refractivity contribution >= 4 is 39.1 Å². The monoisotopic (exact) mass is 326 g/mol. The van der Waals surface area contributed by atoms with Gasteiger partial charge in [-0.15, -0.1) is 0 Å². The summed E-state index contributed by atoms with van der Waals surface area (Å²) >= 11 is 9.10. The molecule has 1 amide bonds. The van der Waals surface area contributed by atoms with Crippen molar-refractivity contribution in [3.63, 3.8) is 0 Å². The van der Waals surface area contributed by atoms with Crippen LogP contribution in [0.4, 0.5) is 5.69 Å². The summed E-state index contributed by atoms with van der Waals surface area (Å²) < 4.78 is 0.691. The molecular formula is C12H8BrClN2O2. The number of hydrogen-bond acceptors (Lipinski definition) is 3. The molecule has 0 aliphatic carbocycles. The van der Waals surface area contributed by atoms with E-state index in [9.17, 15) is 9.90 Å². The summed E-state index contributed by atoms with van der Waals surface area (Å²) in [5, 5.41) is 12.6. The van der Waals surface area contributed by atoms with Crippen LogP contribution in [0.15, 0.2) is 41.1 Å². The van der Waals surface area contributed by atoms with Crippen molar-refractivity contribution in [2.75, 3.05) is 5.32 Å². The van der Waals surface area contributed by atoms with E-state index in [1.54, 1.807) is 12.1 Å². The van der Waals surface area contributed by atoms with Crippen LogP contribution < -0.4 is 5.32 Å². The molecule has 0 saturated heterocycles. The van der Waals surface area contributed by atoms with Gasteiger partial charge in [-0.25, -0.2) is 0 Å². The smallest absolute Gasteiger partial charge is 0.259 e. The third-order valence-electron chi connectivity index (χ3n) is 2.22. The van der Waals surface area contributed by atoms with Gasteiger partial charge in [0.15, 0.2) is 0 Å². The number of hydrogen-bond donors (Lipinski definition) is 2. The Balaban J connectivity index is 2.25. The first-order valence-electron chi connectivity index (χ1n) is 4.97. The molecule has 0 radical (unpaired) electrons. The van der Waals surface area contributed by atoms with E-state index >= 15 is 0 Å². The molecule has 1 aromatic carbocycles. The van der Waals surface area contributed by atoms with Gasteiger partial charge in [0.05, 0.1) is 22.5 Å². The molecule has 0 bridgehead atoms. The highest BCUT2D eigenvalue weighted by Crippen LogP contribution is 2.25. The molecular weight excluding hydrogens is 320 g/mol. The van der Waals surface area contributed by atoms with Crippen LogP contribution in [0.1, 0.15) is 10.4 Å². The number of phenols is 1. The van der Waals surface area contributed by atoms with E-state index in [1.165, 1.54) is 24.5 Å². The second-order valence-electron chi connectivity index (χ2n) is 3.47. The molecule has 0 spiro atoms. The number of carbonyl (C=O) groups excluding carboxylic acids is 1. The standard InChI is InChI=1S/C12H8BrClN2O2/c13-7-1-2-8(11(17)5-7)12(18)16-10-6-15-4-3-9(10)14/h1-6,17H,(H,16,18). The zero-order chi connectivity index (χ0) is 13.1. The number of aromatic hydroxyl groups is 1. The van der Waals surface area contributed by atoms with Crippen LogP contribution in [0.25, 0.3) is 0 Å². The van der Waals surface area contributed by atoms with Gasteiger partial charge in [0.2, 0.25) is 0 Å². The van der Waals surface area contributed by atoms with Gasteiger partial charge >= 0.3 is 0 Å². The molecule has 0 aliphatic rings. The Morgan fingerprint density at radius 2 is 2.17 bits per heavy atom. The van der Waals surface area contributed by atoms with Crippen LogP contribution in [-0.2, 0) is 0 Å². The van der Waals surface area contributed by atoms with Crippen molar-refractivity contribution in [3.05, 3.63) is 51.7 Å². The van der Waals surface area contributed by atoms with Gasteiger partial charge in [-0.2, -0.15) is 0 Å². The highest BCUT2D eigenvalue weighted by atomic mass is 79.9. The first-order chi connectivity index (χ1) is 8.58. The summed E-state index contributed by atoms with van der Waals surface area (Å²) in [4.78, 5) is 15.8. The SMILES string of the molecule is O=C(Nc1cnccc1Cl)c1ccc(Br)cc1O. The van der Waals surface area contributed by atoms with Crippen LogP contribution in [0, 0.1) is 0 Å². The zero-order valence-corrected chi connectivity index (χ0v) is 11.4. The predicted octanol–water partition coefficient (Wildman–Crippen LogP) is 3.46. The van der Waals surface area contributed by atoms with Gasteiger partial charge in [-0.1, -0.05) is 27.5 Å². The molecule has 0 atom stereocenters. The number of phenolic OH excluding ortho intramolecular Hbond substituents is 1. The van der Waals surface area contributed by atoms with E-state index in [0.29, 0.717) is 15.2 Å². The maximum Gasteiger partial charge on any atom is 0.259 e. The molecule has 2 rings (SSSR count). The number of aromatic nitrogens is 1. The first kappa shape index (κ1) is 12.9. The van der Waals surface area contributed by atoms with Crippen LogP contribution in [0.3, 0.4) is 0 Å². The highest BCUT2D eigenvalue weighted by Gasteiger charge is 2.12. The van der Waals surface area contributed by atoms with Crippen LogP contribution in [0.2, 0.25) is 5.02 Å². The minimum absolute atomic E-state index is 0.109. The minimum Gasteiger partial charge on any atom is -0.507 e. The Labute approximate surface area is 117 Å². The van der Waals surface area contributed by atoms with Crippen molar-refractivity contribution in [2.24, 2.45) is 0 Å². The number of pyridine rings is 1. The van der Waals surface area contributed by atoms with Crippen LogP contribution in [0.5, 0.6) is 5.75 Å². The molecule has 6 heteroatoms. The fraction of sp³-hybridized carbons (Fsp3) is 0. The van der Waals surface area contributed by atoms with Crippen molar-refractivity contribution in [2.45, 2.75) is 0 Å². The van der Waals surface area contributed by atoms with Gasteiger partial charge in [-0.3, -0.25) is 9.78 Å². The number of amides is 1. The quantitative estimate of drug-likeness (QED) is 0.888. The number of nitrogens with zero attached hydrogens (tertiary/aromatic N) is 1. The van der Waals surface area contributed by atoms with Crippen LogP contribution in [-0.4, -0.2) is 16.0 Å². The van der Waals surface area contributed by atoms with Crippen molar-refractivity contribution in [1.82, 2.24) is 4.98 Å². The maximum absolute atomic E-state index is 11.9. The first-order valence-corrected chi connectivity index (χ1v) is 6.14. The van der Waals surface area contributed by atoms with E-state index in [0.717, 1.165) is 0 Å². The fourth-order valence-electron chi connectivity index (χ4n) is 1.36. The van der Waals surface area contributed by atoms with Gasteiger partial charge in [-0.05, 0) is 24.3 Å². The molecule has 1 heterocycles. The molecule has 18 heavy (non-hydrogen) atoms. The lowest BCUT2D eigenvalue weighted by Crippen LogP contribution is -2.12. The number of rotatable bonds is 2. The topological polar surface area (TPSA) is 62.2 Å². The van der Waals surface area contributed by atoms with Crippen LogP contribution >= 0.6 is 27.5 Å². The molecule has 4 nitrogen and oxygen atoms in total. The predicted molar refractivity (Wildman–Crippen MR) is 73.0 cm³/mol. The summed E-state index contributed by atoms with van der Waals surface area (Å²) in [6.45, 7) is 0. The molecule has 0 fully saturated rings. The Hall–Kier alpha value is -1.59. The van der Waals surface area contributed by atoms with E-state index in [-0.39, 0.29) is 11.3 Å². The summed E-state index contributed by atoms with van der Waals surface area (Å²) in [7, 11) is 0. The summed E-state index contributed by atoms with van der Waals surface area (Å²) in [5.41, 5.74) is 0.560. The van der Waals surface area contributed by atoms with E-state index in [4.69, 9.17) is 11.6 Å². The van der Waals surface area contributed by atoms with Crippen molar-refractivity contribution in [1.29, 1.82) is 0 Å². The summed E-state index contributed by atoms with van der Waals surface area (Å²) in [6.07, 6.45) is 2.96. The molecule has 0 aliphatic heterocycles. The third kappa shape index (κ3) is 2.80. The largest absolute Gasteiger partial charge is 0.507 e. The summed E-state index contributed by atoms with van der Waals surface area (Å²) in [6, 6.07) is 6.19. The van der Waals surface area contributed by atoms with Gasteiger partial charge in [0.1, 0.15) is 5.75 Å². The lowest BCUT2D eigenvalue weighted by Gasteiger charge is -2.07. The Morgan fingerprint density at radius 1 is 1.39 bits per heavy atom. The zero-order valence-electron chi connectivity index (χ0n) is 9.02. The second kappa shape index (κ2) is 5.37. The third-order valence-corrected chi connectivity index (χ3v) is 3.04. The second-order valence-corrected chi connectivity index (χ2v) is 4.79. The Bertz CT molecular complexity index is 604. The van der Waals surface area contributed by atoms with Crippen molar-refractivity contribution < 1.29 is 9.90 Å². The molecule has 0 unspecified atom stereocenters. The van der Waals surface area contributed by atoms with E-state index < -0.39 is 5.91 Å². The molecule has 1 aromatic heterocycles. The normalized spacial score (nSPS) is 10.1. The number of halogens is 2. The molecule has 2 N–H and O–H groups in total. The number of anilines is 1. The number of carbonyl (C=O) groups is 1. The fourth-order valence-corrected chi connectivity index (χ4v) is 1.86. The number of benzene rings is 1. The Morgan fingerprint density at radius 3 is 2.83 bits per heavy atom. The average Bonchev–Trinajstić information content (AvgIpc) is 2.32. The van der Waals surface area contributed by atoms with E-state index in [2.05, 4.69) is 26.2 Å². The number of nitrogens with one attached hydrogen (secondary N) is 1. The van der Waals surface area contributed by atoms with Crippen molar-refractivity contribution in [3.8, 4) is 5.75 Å². The minimum atomic E-state index is -0.449. The molecule has 92 valence electrons. The van der Waals surface area contributed by atoms with E-state index in [1.807, 2.05) is 0 Å². The molecule has 0 saturated carbocycles. The van der Waals surface area contributed by atoms with Gasteiger partial charge in [0.25, 0.3) is 5.91 Å².